The van der Waals surface area contributed by atoms with E-state index in [1.807, 2.05) is 0 Å². The Kier molecular flexibility index (Phi) is 10.1. The van der Waals surface area contributed by atoms with Gasteiger partial charge in [-0.3, -0.25) is 4.79 Å². The monoisotopic (exact) mass is 387 g/mol. The zero-order valence-electron chi connectivity index (χ0n) is 15.3. The van der Waals surface area contributed by atoms with Crippen LogP contribution in [0.2, 0.25) is 0 Å². The summed E-state index contributed by atoms with van der Waals surface area (Å²) in [6.07, 6.45) is 5.86. The van der Waals surface area contributed by atoms with Gasteiger partial charge in [0.25, 0.3) is 0 Å². The summed E-state index contributed by atoms with van der Waals surface area (Å²) in [5, 5.41) is 3.53. The number of carbonyl (C=O) groups excluding carboxylic acids is 1. The Morgan fingerprint density at radius 2 is 1.88 bits per heavy atom. The Labute approximate surface area is 155 Å². The maximum Gasteiger partial charge on any atom is 0.244 e. The summed E-state index contributed by atoms with van der Waals surface area (Å²) >= 11 is 1.30. The van der Waals surface area contributed by atoms with Gasteiger partial charge in [-0.05, 0) is 18.6 Å². The summed E-state index contributed by atoms with van der Waals surface area (Å²) in [5.41, 5.74) is 0. The molecule has 1 amide bonds. The van der Waals surface area contributed by atoms with Gasteiger partial charge in [-0.2, -0.15) is 4.31 Å². The topological polar surface area (TPSA) is 79.4 Å². The molecule has 6 nitrogen and oxygen atoms in total. The van der Waals surface area contributed by atoms with Gasteiger partial charge in [-0.15, -0.1) is 0 Å². The number of unbranched alkanes of at least 4 members (excludes halogenated alkanes) is 3. The lowest BCUT2D eigenvalue weighted by molar-refractivity contribution is -0.118. The van der Waals surface area contributed by atoms with E-state index in [4.69, 9.17) is 0 Å². The summed E-state index contributed by atoms with van der Waals surface area (Å²) in [5.74, 6) is 0.256. The summed E-state index contributed by atoms with van der Waals surface area (Å²) < 4.78 is 26.2. The third-order valence-corrected chi connectivity index (χ3v) is 6.73. The van der Waals surface area contributed by atoms with Crippen LogP contribution in [0.4, 0.5) is 0 Å². The highest BCUT2D eigenvalue weighted by Gasteiger charge is 2.21. The van der Waals surface area contributed by atoms with Crippen LogP contribution in [0.1, 0.15) is 46.5 Å². The molecule has 1 aromatic rings. The van der Waals surface area contributed by atoms with Crippen LogP contribution in [-0.2, 0) is 14.8 Å². The van der Waals surface area contributed by atoms with Crippen molar-refractivity contribution >= 4 is 27.7 Å². The van der Waals surface area contributed by atoms with Crippen molar-refractivity contribution < 1.29 is 13.2 Å². The quantitative estimate of drug-likeness (QED) is 0.441. The standard InChI is InChI=1S/C17H29N3O3S2/c1-4-7-8-9-12-18-16(21)14-24-17-11-10-15(13-19-17)25(22,23)20(5-2)6-3/h10-11,13H,4-9,12,14H2,1-3H3,(H,18,21). The molecule has 0 atom stereocenters. The molecule has 0 unspecified atom stereocenters. The van der Waals surface area contributed by atoms with Gasteiger partial charge >= 0.3 is 0 Å². The predicted octanol–water partition coefficient (Wildman–Crippen LogP) is 2.90. The number of aromatic nitrogens is 1. The van der Waals surface area contributed by atoms with E-state index in [1.165, 1.54) is 35.1 Å². The Hall–Kier alpha value is -1.12. The molecular formula is C17H29N3O3S2. The molecule has 1 N–H and O–H groups in total. The van der Waals surface area contributed by atoms with Crippen LogP contribution < -0.4 is 5.32 Å². The number of hydrogen-bond acceptors (Lipinski definition) is 5. The van der Waals surface area contributed by atoms with E-state index in [9.17, 15) is 13.2 Å². The molecule has 142 valence electrons. The second-order valence-electron chi connectivity index (χ2n) is 5.62. The summed E-state index contributed by atoms with van der Waals surface area (Å²) in [7, 11) is -3.49. The van der Waals surface area contributed by atoms with Crippen molar-refractivity contribution in [3.63, 3.8) is 0 Å². The van der Waals surface area contributed by atoms with Gasteiger partial charge < -0.3 is 5.32 Å². The Morgan fingerprint density at radius 3 is 2.44 bits per heavy atom. The van der Waals surface area contributed by atoms with Crippen LogP contribution in [0.3, 0.4) is 0 Å². The van der Waals surface area contributed by atoms with E-state index in [-0.39, 0.29) is 16.6 Å². The van der Waals surface area contributed by atoms with E-state index in [2.05, 4.69) is 17.2 Å². The van der Waals surface area contributed by atoms with Crippen molar-refractivity contribution in [2.75, 3.05) is 25.4 Å². The second kappa shape index (κ2) is 11.5. The van der Waals surface area contributed by atoms with Crippen molar-refractivity contribution in [3.05, 3.63) is 18.3 Å². The summed E-state index contributed by atoms with van der Waals surface area (Å²) in [6, 6.07) is 3.20. The van der Waals surface area contributed by atoms with Gasteiger partial charge in [0.05, 0.1) is 10.8 Å². The molecule has 0 saturated carbocycles. The maximum atomic E-state index is 12.4. The Morgan fingerprint density at radius 1 is 1.16 bits per heavy atom. The van der Waals surface area contributed by atoms with E-state index in [1.54, 1.807) is 26.0 Å². The van der Waals surface area contributed by atoms with Crippen LogP contribution in [0.5, 0.6) is 0 Å². The van der Waals surface area contributed by atoms with Crippen molar-refractivity contribution in [1.29, 1.82) is 0 Å². The smallest absolute Gasteiger partial charge is 0.244 e. The van der Waals surface area contributed by atoms with Crippen LogP contribution in [-0.4, -0.2) is 49.0 Å². The first-order valence-corrected chi connectivity index (χ1v) is 11.2. The van der Waals surface area contributed by atoms with E-state index >= 15 is 0 Å². The molecular weight excluding hydrogens is 358 g/mol. The average molecular weight is 388 g/mol. The molecule has 0 bridgehead atoms. The number of thioether (sulfide) groups is 1. The molecule has 0 aliphatic carbocycles. The molecule has 0 radical (unpaired) electrons. The highest BCUT2D eigenvalue weighted by atomic mass is 32.2. The number of nitrogens with zero attached hydrogens (tertiary/aromatic N) is 2. The normalized spacial score (nSPS) is 11.7. The fourth-order valence-corrected chi connectivity index (χ4v) is 4.36. The van der Waals surface area contributed by atoms with E-state index in [0.29, 0.717) is 24.7 Å². The molecule has 8 heteroatoms. The van der Waals surface area contributed by atoms with Gasteiger partial charge in [-0.1, -0.05) is 51.8 Å². The average Bonchev–Trinajstić information content (AvgIpc) is 2.61. The number of carbonyl (C=O) groups is 1. The van der Waals surface area contributed by atoms with Crippen LogP contribution in [0.25, 0.3) is 0 Å². The van der Waals surface area contributed by atoms with Gasteiger partial charge in [0.2, 0.25) is 15.9 Å². The lowest BCUT2D eigenvalue weighted by Gasteiger charge is -2.18. The predicted molar refractivity (Wildman–Crippen MR) is 102 cm³/mol. The van der Waals surface area contributed by atoms with Crippen molar-refractivity contribution in [3.8, 4) is 0 Å². The highest BCUT2D eigenvalue weighted by molar-refractivity contribution is 7.99. The first-order chi connectivity index (χ1) is 12.0. The number of pyridine rings is 1. The lowest BCUT2D eigenvalue weighted by Crippen LogP contribution is -2.30. The number of hydrogen-bond donors (Lipinski definition) is 1. The van der Waals surface area contributed by atoms with Gasteiger partial charge in [0, 0.05) is 25.8 Å². The summed E-state index contributed by atoms with van der Waals surface area (Å²) in [4.78, 5) is 16.1. The largest absolute Gasteiger partial charge is 0.355 e. The fourth-order valence-electron chi connectivity index (χ4n) is 2.29. The maximum absolute atomic E-state index is 12.4. The fraction of sp³-hybridized carbons (Fsp3) is 0.647. The number of rotatable bonds is 12. The van der Waals surface area contributed by atoms with E-state index < -0.39 is 10.0 Å². The van der Waals surface area contributed by atoms with Crippen LogP contribution in [0.15, 0.2) is 28.3 Å². The molecule has 0 aliphatic rings. The van der Waals surface area contributed by atoms with Gasteiger partial charge in [0.1, 0.15) is 4.90 Å². The first-order valence-electron chi connectivity index (χ1n) is 8.81. The zero-order chi connectivity index (χ0) is 18.7. The molecule has 1 rings (SSSR count). The second-order valence-corrected chi connectivity index (χ2v) is 8.55. The van der Waals surface area contributed by atoms with E-state index in [0.717, 1.165) is 12.8 Å². The molecule has 0 spiro atoms. The Balaban J connectivity index is 2.48. The third kappa shape index (κ3) is 7.33. The number of sulfonamides is 1. The van der Waals surface area contributed by atoms with Crippen molar-refractivity contribution in [2.24, 2.45) is 0 Å². The molecule has 0 aliphatic heterocycles. The molecule has 1 heterocycles. The number of amides is 1. The van der Waals surface area contributed by atoms with Gasteiger partial charge in [0.15, 0.2) is 0 Å². The van der Waals surface area contributed by atoms with Crippen LogP contribution in [0, 0.1) is 0 Å². The van der Waals surface area contributed by atoms with Crippen molar-refractivity contribution in [2.45, 2.75) is 56.4 Å². The van der Waals surface area contributed by atoms with Crippen LogP contribution >= 0.6 is 11.8 Å². The minimum Gasteiger partial charge on any atom is -0.355 e. The SMILES string of the molecule is CCCCCCNC(=O)CSc1ccc(S(=O)(=O)N(CC)CC)cn1. The molecule has 0 saturated heterocycles. The number of nitrogens with one attached hydrogen (secondary N) is 1. The minimum atomic E-state index is -3.49. The third-order valence-electron chi connectivity index (χ3n) is 3.76. The zero-order valence-corrected chi connectivity index (χ0v) is 17.0. The molecule has 1 aromatic heterocycles. The molecule has 0 aromatic carbocycles. The van der Waals surface area contributed by atoms with Crippen molar-refractivity contribution in [1.82, 2.24) is 14.6 Å². The van der Waals surface area contributed by atoms with Gasteiger partial charge in [-0.25, -0.2) is 13.4 Å². The minimum absolute atomic E-state index is 0.0249. The molecule has 0 fully saturated rings. The summed E-state index contributed by atoms with van der Waals surface area (Å²) in [6.45, 7) is 7.31. The highest BCUT2D eigenvalue weighted by Crippen LogP contribution is 2.19. The first kappa shape index (κ1) is 21.9. The lowest BCUT2D eigenvalue weighted by atomic mass is 10.2. The molecule has 25 heavy (non-hydrogen) atoms. The Bertz CT molecular complexity index is 615.